The highest BCUT2D eigenvalue weighted by atomic mass is 32.2. The molecule has 2 aliphatic rings. The fraction of sp³-hybridized carbons (Fsp3) is 0.524. The first-order chi connectivity index (χ1) is 14.0. The summed E-state index contributed by atoms with van der Waals surface area (Å²) in [5.74, 6) is -0.0341. The second kappa shape index (κ2) is 17.4. The van der Waals surface area contributed by atoms with Gasteiger partial charge in [0, 0.05) is 24.9 Å². The molecule has 8 heteroatoms. The van der Waals surface area contributed by atoms with E-state index in [2.05, 4.69) is 33.2 Å². The average Bonchev–Trinajstić information content (AvgIpc) is 3.35. The van der Waals surface area contributed by atoms with E-state index in [9.17, 15) is 9.90 Å². The van der Waals surface area contributed by atoms with Crippen LogP contribution >= 0.6 is 23.8 Å². The van der Waals surface area contributed by atoms with Crippen molar-refractivity contribution in [2.75, 3.05) is 40.6 Å². The van der Waals surface area contributed by atoms with Gasteiger partial charge in [-0.15, -0.1) is 0 Å². The number of hydrogen-bond donors (Lipinski definition) is 2. The molecule has 29 heavy (non-hydrogen) atoms. The molecular weight excluding hydrogens is 406 g/mol. The predicted molar refractivity (Wildman–Crippen MR) is 128 cm³/mol. The summed E-state index contributed by atoms with van der Waals surface area (Å²) in [4.78, 5) is 18.7. The normalized spacial score (nSPS) is 16.2. The van der Waals surface area contributed by atoms with Gasteiger partial charge in [0.1, 0.15) is 5.75 Å². The fourth-order valence-electron chi connectivity index (χ4n) is 2.19. The van der Waals surface area contributed by atoms with E-state index >= 15 is 0 Å². The first-order valence-corrected chi connectivity index (χ1v) is 11.7. The third-order valence-corrected chi connectivity index (χ3v) is 4.75. The molecule has 0 radical (unpaired) electrons. The number of thioether (sulfide) groups is 1. The first-order valence-electron chi connectivity index (χ1n) is 9.69. The van der Waals surface area contributed by atoms with Crippen molar-refractivity contribution >= 4 is 41.0 Å². The van der Waals surface area contributed by atoms with Crippen molar-refractivity contribution in [1.82, 2.24) is 10.2 Å². The van der Waals surface area contributed by atoms with Crippen molar-refractivity contribution in [3.63, 3.8) is 0 Å². The summed E-state index contributed by atoms with van der Waals surface area (Å²) < 4.78 is 4.46. The molecule has 2 N–H and O–H groups in total. The van der Waals surface area contributed by atoms with Crippen molar-refractivity contribution in [3.05, 3.63) is 34.7 Å². The highest BCUT2D eigenvalue weighted by Crippen LogP contribution is 2.32. The number of benzene rings is 1. The minimum atomic E-state index is -0.213. The van der Waals surface area contributed by atoms with Gasteiger partial charge in [0.05, 0.1) is 12.0 Å². The lowest BCUT2D eigenvalue weighted by Crippen LogP contribution is -2.23. The molecule has 2 aliphatic heterocycles. The Bertz CT molecular complexity index is 642. The molecule has 1 amide bonds. The number of nitrogens with one attached hydrogen (secondary N) is 1. The summed E-state index contributed by atoms with van der Waals surface area (Å²) in [6.07, 6.45) is 7.15. The van der Waals surface area contributed by atoms with E-state index < -0.39 is 0 Å². The molecule has 0 bridgehead atoms. The zero-order chi connectivity index (χ0) is 22.1. The van der Waals surface area contributed by atoms with Crippen LogP contribution in [-0.2, 0) is 8.98 Å². The van der Waals surface area contributed by atoms with E-state index in [0.29, 0.717) is 10.5 Å². The summed E-state index contributed by atoms with van der Waals surface area (Å²) in [6.45, 7) is 6.20. The third-order valence-electron chi connectivity index (χ3n) is 3.38. The Kier molecular flexibility index (Phi) is 16.5. The van der Waals surface area contributed by atoms with Crippen molar-refractivity contribution in [1.29, 1.82) is 0 Å². The zero-order valence-electron chi connectivity index (χ0n) is 18.4. The van der Waals surface area contributed by atoms with Crippen LogP contribution in [-0.4, -0.2) is 61.6 Å². The summed E-state index contributed by atoms with van der Waals surface area (Å²) >= 11 is 2.75. The number of likely N-dealkylation sites (tertiary alicyclic amines) is 1. The van der Waals surface area contributed by atoms with Crippen LogP contribution in [0.5, 0.6) is 5.75 Å². The second-order valence-electron chi connectivity index (χ2n) is 6.10. The Morgan fingerprint density at radius 2 is 1.79 bits per heavy atom. The number of amides is 1. The Morgan fingerprint density at radius 1 is 1.28 bits per heavy atom. The molecule has 0 aliphatic carbocycles. The van der Waals surface area contributed by atoms with Crippen LogP contribution in [0.4, 0.5) is 0 Å². The topological polar surface area (TPSA) is 74.2 Å². The molecule has 2 heterocycles. The maximum atomic E-state index is 11.9. The number of para-hydroxylation sites is 1. The number of hydrogen-bond acceptors (Lipinski definition) is 7. The van der Waals surface area contributed by atoms with Gasteiger partial charge in [0.15, 0.2) is 5.17 Å². The second-order valence-corrected chi connectivity index (χ2v) is 7.78. The van der Waals surface area contributed by atoms with Crippen molar-refractivity contribution < 1.29 is 14.1 Å². The Balaban J connectivity index is 0.000000665. The van der Waals surface area contributed by atoms with Crippen molar-refractivity contribution in [2.45, 2.75) is 33.1 Å². The molecule has 0 atom stereocenters. The summed E-state index contributed by atoms with van der Waals surface area (Å²) in [7, 11) is 5.39. The molecule has 164 valence electrons. The van der Waals surface area contributed by atoms with E-state index in [1.165, 1.54) is 30.2 Å². The minimum absolute atomic E-state index is 0.179. The average molecular weight is 442 g/mol. The highest BCUT2D eigenvalue weighted by molar-refractivity contribution is 8.18. The standard InChI is InChI=1S/C14H14N2O2S.C3H8.C2H7N.C2H6OS/c17-11-6-2-1-5-10(11)9-12-13(18)15-14(19-12)16-7-3-4-8-16;2*1-3-2;1-3-4-2/h1-2,5-6,9,17H,3-4,7-8H2;3H2,1-2H3;3H,1-2H3;1-2H3/b12-9+;;;. The van der Waals surface area contributed by atoms with Crippen LogP contribution in [0.15, 0.2) is 34.2 Å². The number of amidine groups is 1. The molecule has 3 rings (SSSR count). The number of phenolic OH excluding ortho intramolecular Hbond substituents is 1. The third kappa shape index (κ3) is 11.3. The SMILES string of the molecule is CCC.CNC.COSC.O=C1N=C(N2CCCC2)S/C1=C/c1ccccc1O. The Labute approximate surface area is 184 Å². The van der Waals surface area contributed by atoms with Gasteiger partial charge >= 0.3 is 0 Å². The van der Waals surface area contributed by atoms with E-state index in [1.54, 1.807) is 31.4 Å². The summed E-state index contributed by atoms with van der Waals surface area (Å²) in [5.41, 5.74) is 0.649. The largest absolute Gasteiger partial charge is 0.507 e. The highest BCUT2D eigenvalue weighted by Gasteiger charge is 2.27. The molecule has 1 saturated heterocycles. The van der Waals surface area contributed by atoms with Gasteiger partial charge in [0.25, 0.3) is 5.91 Å². The Hall–Kier alpha value is -1.48. The van der Waals surface area contributed by atoms with Crippen LogP contribution < -0.4 is 5.32 Å². The van der Waals surface area contributed by atoms with Crippen LogP contribution in [0.3, 0.4) is 0 Å². The van der Waals surface area contributed by atoms with Crippen molar-refractivity contribution in [2.24, 2.45) is 4.99 Å². The van der Waals surface area contributed by atoms with Gasteiger partial charge in [-0.05, 0) is 62.9 Å². The molecule has 1 aromatic carbocycles. The predicted octanol–water partition coefficient (Wildman–Crippen LogP) is 4.62. The fourth-order valence-corrected chi connectivity index (χ4v) is 3.15. The maximum Gasteiger partial charge on any atom is 0.286 e. The van der Waals surface area contributed by atoms with Gasteiger partial charge in [-0.3, -0.25) is 4.79 Å². The Morgan fingerprint density at radius 3 is 2.28 bits per heavy atom. The minimum Gasteiger partial charge on any atom is -0.507 e. The number of aliphatic imine (C=N–C) groups is 1. The molecule has 0 unspecified atom stereocenters. The number of nitrogens with zero attached hydrogens (tertiary/aromatic N) is 2. The van der Waals surface area contributed by atoms with Crippen molar-refractivity contribution in [3.8, 4) is 5.75 Å². The number of carbonyl (C=O) groups excluding carboxylic acids is 1. The monoisotopic (exact) mass is 441 g/mol. The number of aromatic hydroxyl groups is 1. The zero-order valence-corrected chi connectivity index (χ0v) is 20.0. The molecule has 0 aromatic heterocycles. The number of carbonyl (C=O) groups is 1. The smallest absolute Gasteiger partial charge is 0.286 e. The summed E-state index contributed by atoms with van der Waals surface area (Å²) in [5, 5.41) is 13.3. The molecular formula is C21H35N3O3S2. The molecule has 0 saturated carbocycles. The molecule has 1 fully saturated rings. The maximum absolute atomic E-state index is 11.9. The van der Waals surface area contributed by atoms with Gasteiger partial charge in [-0.2, -0.15) is 4.99 Å². The quantitative estimate of drug-likeness (QED) is 0.512. The van der Waals surface area contributed by atoms with Gasteiger partial charge in [-0.25, -0.2) is 0 Å². The molecule has 1 aromatic rings. The number of rotatable bonds is 2. The lowest BCUT2D eigenvalue weighted by atomic mass is 10.2. The lowest BCUT2D eigenvalue weighted by molar-refractivity contribution is -0.113. The van der Waals surface area contributed by atoms with E-state index in [0.717, 1.165) is 31.1 Å². The van der Waals surface area contributed by atoms with E-state index in [1.807, 2.05) is 26.4 Å². The van der Waals surface area contributed by atoms with E-state index in [-0.39, 0.29) is 11.7 Å². The van der Waals surface area contributed by atoms with Crippen LogP contribution in [0, 0.1) is 0 Å². The van der Waals surface area contributed by atoms with Crippen LogP contribution in [0.1, 0.15) is 38.7 Å². The lowest BCUT2D eigenvalue weighted by Gasteiger charge is -2.14. The molecule has 6 nitrogen and oxygen atoms in total. The van der Waals surface area contributed by atoms with Crippen LogP contribution in [0.25, 0.3) is 6.08 Å². The summed E-state index contributed by atoms with van der Waals surface area (Å²) in [6, 6.07) is 6.98. The number of phenols is 1. The van der Waals surface area contributed by atoms with Gasteiger partial charge in [-0.1, -0.05) is 38.5 Å². The van der Waals surface area contributed by atoms with E-state index in [4.69, 9.17) is 0 Å². The first kappa shape index (κ1) is 27.5. The van der Waals surface area contributed by atoms with Gasteiger partial charge < -0.3 is 19.5 Å². The van der Waals surface area contributed by atoms with Crippen LogP contribution in [0.2, 0.25) is 0 Å². The van der Waals surface area contributed by atoms with Gasteiger partial charge in [0.2, 0.25) is 0 Å². The molecule has 0 spiro atoms.